The molecule has 16 heteroatoms. The number of nitrogens with zero attached hydrogens (tertiary/aromatic N) is 2. The van der Waals surface area contributed by atoms with Crippen molar-refractivity contribution < 1.29 is 29.4 Å². The minimum atomic E-state index is -1.26. The Bertz CT molecular complexity index is 1040. The summed E-state index contributed by atoms with van der Waals surface area (Å²) in [4.78, 5) is 70.8. The number of nitrogens with two attached hydrogens (primary N) is 1. The molecule has 2 atom stereocenters. The van der Waals surface area contributed by atoms with Crippen LogP contribution in [-0.2, 0) is 19.2 Å². The second kappa shape index (κ2) is 11.7. The second-order valence-corrected chi connectivity index (χ2v) is 7.45. The minimum Gasteiger partial charge on any atom is -0.480 e. The molecular formula is C16H22N8O7S. The summed E-state index contributed by atoms with van der Waals surface area (Å²) >= 11 is 1.16. The number of carbonyl (C=O) groups excluding carboxylic acids is 2. The maximum Gasteiger partial charge on any atom is 0.322 e. The molecule has 15 nitrogen and oxygen atoms in total. The Labute approximate surface area is 184 Å². The van der Waals surface area contributed by atoms with E-state index in [4.69, 9.17) is 15.9 Å². The molecule has 0 saturated heterocycles. The number of carboxylic acid groups (broad SMARTS) is 2. The number of hydrogen-bond donors (Lipinski definition) is 8. The number of H-pyrrole nitrogens is 2. The number of aliphatic carboxylic acids is 2. The molecule has 0 aliphatic heterocycles. The number of nitrogens with one attached hydrogen (secondary N) is 5. The highest BCUT2D eigenvalue weighted by molar-refractivity contribution is 7.99. The van der Waals surface area contributed by atoms with Crippen molar-refractivity contribution in [2.75, 3.05) is 23.5 Å². The number of aromatic nitrogens is 4. The van der Waals surface area contributed by atoms with E-state index in [1.54, 1.807) is 0 Å². The zero-order valence-corrected chi connectivity index (χ0v) is 17.4. The van der Waals surface area contributed by atoms with Crippen LogP contribution in [0.15, 0.2) is 11.1 Å². The summed E-state index contributed by atoms with van der Waals surface area (Å²) in [6.07, 6.45) is 0.972. The molecule has 0 fully saturated rings. The number of aromatic amines is 2. The van der Waals surface area contributed by atoms with Gasteiger partial charge in [0.2, 0.25) is 17.8 Å². The molecule has 0 aliphatic carbocycles. The Morgan fingerprint density at radius 2 is 2.00 bits per heavy atom. The van der Waals surface area contributed by atoms with E-state index in [0.29, 0.717) is 0 Å². The minimum absolute atomic E-state index is 0.0457. The highest BCUT2D eigenvalue weighted by Crippen LogP contribution is 2.08. The van der Waals surface area contributed by atoms with Gasteiger partial charge in [0.05, 0.1) is 12.2 Å². The molecule has 0 saturated carbocycles. The topological polar surface area (TPSA) is 245 Å². The Balaban J connectivity index is 1.90. The molecule has 2 heterocycles. The van der Waals surface area contributed by atoms with Crippen molar-refractivity contribution in [3.63, 3.8) is 0 Å². The lowest BCUT2D eigenvalue weighted by Crippen LogP contribution is -2.49. The Kier molecular flexibility index (Phi) is 8.96. The molecule has 32 heavy (non-hydrogen) atoms. The third-order valence-corrected chi connectivity index (χ3v) is 4.90. The van der Waals surface area contributed by atoms with Crippen LogP contribution < -0.4 is 27.2 Å². The van der Waals surface area contributed by atoms with Crippen LogP contribution >= 0.6 is 11.8 Å². The normalized spacial score (nSPS) is 12.7. The third-order valence-electron chi connectivity index (χ3n) is 3.99. The van der Waals surface area contributed by atoms with Crippen molar-refractivity contribution in [3.8, 4) is 0 Å². The molecule has 0 unspecified atom stereocenters. The van der Waals surface area contributed by atoms with E-state index in [-0.39, 0.29) is 41.6 Å². The number of carboxylic acids is 2. The highest BCUT2D eigenvalue weighted by atomic mass is 32.2. The van der Waals surface area contributed by atoms with E-state index >= 15 is 0 Å². The highest BCUT2D eigenvalue weighted by Gasteiger charge is 2.22. The Morgan fingerprint density at radius 3 is 2.69 bits per heavy atom. The summed E-state index contributed by atoms with van der Waals surface area (Å²) < 4.78 is 0. The average molecular weight is 470 g/mol. The van der Waals surface area contributed by atoms with E-state index < -0.39 is 47.9 Å². The fraction of sp³-hybridized carbons (Fsp3) is 0.438. The summed E-state index contributed by atoms with van der Waals surface area (Å²) in [5.74, 6) is -3.46. The van der Waals surface area contributed by atoms with Gasteiger partial charge in [0.1, 0.15) is 18.6 Å². The second-order valence-electron chi connectivity index (χ2n) is 6.42. The molecule has 2 aromatic heterocycles. The summed E-state index contributed by atoms with van der Waals surface area (Å²) in [7, 11) is 0. The SMILES string of the molecule is N[C@@H](CCC(=O)N[C@@H](CSCNc1nc2nc[nH]c2c(=O)[nH]1)C(=O)NCC(=O)O)C(=O)O. The summed E-state index contributed by atoms with van der Waals surface area (Å²) in [5.41, 5.74) is 5.38. The number of anilines is 1. The third kappa shape index (κ3) is 7.55. The number of hydrogen-bond acceptors (Lipinski definition) is 10. The van der Waals surface area contributed by atoms with E-state index in [9.17, 15) is 24.0 Å². The van der Waals surface area contributed by atoms with Gasteiger partial charge in [0.15, 0.2) is 11.2 Å². The van der Waals surface area contributed by atoms with Crippen LogP contribution in [0.3, 0.4) is 0 Å². The average Bonchev–Trinajstić information content (AvgIpc) is 3.21. The number of fused-ring (bicyclic) bond motifs is 1. The lowest BCUT2D eigenvalue weighted by atomic mass is 10.1. The Morgan fingerprint density at radius 1 is 1.25 bits per heavy atom. The first-order valence-electron chi connectivity index (χ1n) is 9.19. The van der Waals surface area contributed by atoms with Gasteiger partial charge in [-0.05, 0) is 6.42 Å². The molecule has 9 N–H and O–H groups in total. The van der Waals surface area contributed by atoms with Crippen molar-refractivity contribution in [3.05, 3.63) is 16.7 Å². The summed E-state index contributed by atoms with van der Waals surface area (Å²) in [5, 5.41) is 24.9. The maximum atomic E-state index is 12.2. The first kappa shape index (κ1) is 24.6. The van der Waals surface area contributed by atoms with Crippen LogP contribution in [-0.4, -0.2) is 84.2 Å². The number of amides is 2. The molecular weight excluding hydrogens is 448 g/mol. The number of thioether (sulfide) groups is 1. The monoisotopic (exact) mass is 470 g/mol. The van der Waals surface area contributed by atoms with Crippen LogP contribution in [0.1, 0.15) is 12.8 Å². The predicted molar refractivity (Wildman–Crippen MR) is 113 cm³/mol. The van der Waals surface area contributed by atoms with Crippen LogP contribution in [0.2, 0.25) is 0 Å². The van der Waals surface area contributed by atoms with Crippen LogP contribution in [0, 0.1) is 0 Å². The molecule has 0 spiro atoms. The quantitative estimate of drug-likeness (QED) is 0.113. The van der Waals surface area contributed by atoms with Crippen LogP contribution in [0.5, 0.6) is 0 Å². The van der Waals surface area contributed by atoms with Crippen molar-refractivity contribution in [1.82, 2.24) is 30.6 Å². The molecule has 0 aliphatic rings. The van der Waals surface area contributed by atoms with Crippen LogP contribution in [0.4, 0.5) is 5.95 Å². The van der Waals surface area contributed by atoms with Gasteiger partial charge in [-0.25, -0.2) is 4.98 Å². The van der Waals surface area contributed by atoms with E-state index in [1.807, 2.05) is 0 Å². The fourth-order valence-electron chi connectivity index (χ4n) is 2.37. The molecule has 174 valence electrons. The van der Waals surface area contributed by atoms with Crippen molar-refractivity contribution in [1.29, 1.82) is 0 Å². The van der Waals surface area contributed by atoms with Crippen molar-refractivity contribution in [2.24, 2.45) is 5.73 Å². The van der Waals surface area contributed by atoms with Crippen LogP contribution in [0.25, 0.3) is 11.2 Å². The molecule has 2 amide bonds. The zero-order valence-electron chi connectivity index (χ0n) is 16.6. The first-order chi connectivity index (χ1) is 15.2. The lowest BCUT2D eigenvalue weighted by molar-refractivity contribution is -0.139. The Hall–Kier alpha value is -3.66. The van der Waals surface area contributed by atoms with E-state index in [0.717, 1.165) is 11.8 Å². The molecule has 0 aromatic carbocycles. The van der Waals surface area contributed by atoms with Gasteiger partial charge in [-0.1, -0.05) is 0 Å². The molecule has 0 bridgehead atoms. The number of carbonyl (C=O) groups is 4. The smallest absolute Gasteiger partial charge is 0.322 e. The van der Waals surface area contributed by atoms with Gasteiger partial charge in [-0.15, -0.1) is 11.8 Å². The van der Waals surface area contributed by atoms with Gasteiger partial charge in [0, 0.05) is 12.2 Å². The molecule has 2 aromatic rings. The number of imidazole rings is 1. The van der Waals surface area contributed by atoms with Gasteiger partial charge in [0.25, 0.3) is 5.56 Å². The van der Waals surface area contributed by atoms with Crippen molar-refractivity contribution >= 4 is 52.6 Å². The van der Waals surface area contributed by atoms with E-state index in [1.165, 1.54) is 6.33 Å². The van der Waals surface area contributed by atoms with Gasteiger partial charge < -0.3 is 36.9 Å². The zero-order chi connectivity index (χ0) is 23.7. The largest absolute Gasteiger partial charge is 0.480 e. The lowest BCUT2D eigenvalue weighted by Gasteiger charge is -2.18. The van der Waals surface area contributed by atoms with E-state index in [2.05, 4.69) is 35.9 Å². The number of rotatable bonds is 13. The van der Waals surface area contributed by atoms with Gasteiger partial charge in [-0.3, -0.25) is 29.0 Å². The summed E-state index contributed by atoms with van der Waals surface area (Å²) in [6.45, 7) is -0.632. The van der Waals surface area contributed by atoms with Gasteiger partial charge in [-0.2, -0.15) is 4.98 Å². The van der Waals surface area contributed by atoms with Crippen molar-refractivity contribution in [2.45, 2.75) is 24.9 Å². The van der Waals surface area contributed by atoms with Gasteiger partial charge >= 0.3 is 11.9 Å². The first-order valence-corrected chi connectivity index (χ1v) is 10.3. The maximum absolute atomic E-state index is 12.2. The molecule has 0 radical (unpaired) electrons. The standard InChI is InChI=1S/C16H22N8O7S/c17-7(15(30)31)1-2-9(25)22-8(13(28)18-3-10(26)27)4-32-6-21-16-23-12-11(14(29)24-16)19-5-20-12/h5,7-8H,1-4,6,17H2,(H,18,28)(H,22,25)(H,26,27)(H,30,31)(H3,19,20,21,23,24,29)/t7-,8-/m0/s1. The fourth-order valence-corrected chi connectivity index (χ4v) is 3.20. The predicted octanol–water partition coefficient (Wildman–Crippen LogP) is -2.37. The molecule has 2 rings (SSSR count). The summed E-state index contributed by atoms with van der Waals surface area (Å²) in [6, 6.07) is -2.31.